The number of piperidine rings is 1. The molecule has 3 rings (SSSR count). The predicted octanol–water partition coefficient (Wildman–Crippen LogP) is 2.86. The molecular formula is C17H26N2O2. The third-order valence-electron chi connectivity index (χ3n) is 5.01. The van der Waals surface area contributed by atoms with Gasteiger partial charge in [0.2, 0.25) is 5.91 Å². The number of hydrogen-bond donors (Lipinski definition) is 1. The van der Waals surface area contributed by atoms with E-state index >= 15 is 0 Å². The Kier molecular flexibility index (Phi) is 4.34. The van der Waals surface area contributed by atoms with Gasteiger partial charge in [-0.15, -0.1) is 0 Å². The number of hydrogen-bond acceptors (Lipinski definition) is 3. The van der Waals surface area contributed by atoms with Crippen molar-refractivity contribution < 1.29 is 9.21 Å². The minimum absolute atomic E-state index is 0.00888. The van der Waals surface area contributed by atoms with Gasteiger partial charge >= 0.3 is 0 Å². The number of rotatable bonds is 3. The van der Waals surface area contributed by atoms with Crippen LogP contribution in [0.2, 0.25) is 0 Å². The number of likely N-dealkylation sites (N-methyl/N-ethyl adjacent to an activating group) is 1. The number of amides is 1. The molecule has 1 amide bonds. The van der Waals surface area contributed by atoms with Gasteiger partial charge in [-0.2, -0.15) is 0 Å². The maximum atomic E-state index is 12.6. The van der Waals surface area contributed by atoms with E-state index in [0.717, 1.165) is 23.9 Å². The lowest BCUT2D eigenvalue weighted by Crippen LogP contribution is -2.55. The van der Waals surface area contributed by atoms with Gasteiger partial charge in [-0.25, -0.2) is 0 Å². The number of nitrogens with zero attached hydrogens (tertiary/aromatic N) is 1. The van der Waals surface area contributed by atoms with Crippen molar-refractivity contribution in [3.63, 3.8) is 0 Å². The molecule has 0 radical (unpaired) electrons. The van der Waals surface area contributed by atoms with Crippen molar-refractivity contribution in [3.8, 4) is 0 Å². The minimum Gasteiger partial charge on any atom is -0.464 e. The third kappa shape index (κ3) is 3.31. The molecule has 2 fully saturated rings. The standard InChI is InChI=1S/C17H26N2O2/c1-12-7-9-14(21-12)11-19(2)17(20)16-10-8-13-5-3-4-6-15(13)18-16/h7,9,13,15-16,18H,3-6,8,10-11H2,1-2H3. The summed E-state index contributed by atoms with van der Waals surface area (Å²) in [5, 5.41) is 3.61. The van der Waals surface area contributed by atoms with Gasteiger partial charge in [-0.1, -0.05) is 12.8 Å². The molecule has 3 unspecified atom stereocenters. The largest absolute Gasteiger partial charge is 0.464 e. The highest BCUT2D eigenvalue weighted by atomic mass is 16.3. The molecule has 2 aliphatic rings. The van der Waals surface area contributed by atoms with Gasteiger partial charge in [0.25, 0.3) is 0 Å². The van der Waals surface area contributed by atoms with Crippen molar-refractivity contribution in [1.82, 2.24) is 10.2 Å². The second-order valence-electron chi connectivity index (χ2n) is 6.65. The lowest BCUT2D eigenvalue weighted by Gasteiger charge is -2.40. The average Bonchev–Trinajstić information content (AvgIpc) is 2.91. The average molecular weight is 290 g/mol. The number of carbonyl (C=O) groups excluding carboxylic acids is 1. The van der Waals surface area contributed by atoms with E-state index in [-0.39, 0.29) is 11.9 Å². The van der Waals surface area contributed by atoms with Crippen molar-refractivity contribution in [1.29, 1.82) is 0 Å². The first-order valence-electron chi connectivity index (χ1n) is 8.20. The summed E-state index contributed by atoms with van der Waals surface area (Å²) < 4.78 is 5.56. The highest BCUT2D eigenvalue weighted by molar-refractivity contribution is 5.81. The first-order valence-corrected chi connectivity index (χ1v) is 8.20. The summed E-state index contributed by atoms with van der Waals surface area (Å²) in [7, 11) is 1.87. The van der Waals surface area contributed by atoms with E-state index in [2.05, 4.69) is 5.32 Å². The van der Waals surface area contributed by atoms with Gasteiger partial charge in [0.15, 0.2) is 0 Å². The monoisotopic (exact) mass is 290 g/mol. The number of aryl methyl sites for hydroxylation is 1. The molecule has 0 spiro atoms. The molecule has 1 saturated carbocycles. The maximum absolute atomic E-state index is 12.6. The Bertz CT molecular complexity index is 497. The highest BCUT2D eigenvalue weighted by Gasteiger charge is 2.35. The molecule has 1 aromatic heterocycles. The molecule has 2 heterocycles. The van der Waals surface area contributed by atoms with E-state index in [9.17, 15) is 4.79 Å². The molecule has 1 aromatic rings. The molecule has 4 heteroatoms. The van der Waals surface area contributed by atoms with Crippen LogP contribution < -0.4 is 5.32 Å². The van der Waals surface area contributed by atoms with Crippen LogP contribution in [0.5, 0.6) is 0 Å². The Morgan fingerprint density at radius 3 is 2.86 bits per heavy atom. The minimum atomic E-state index is -0.00888. The van der Waals surface area contributed by atoms with Crippen LogP contribution in [0.25, 0.3) is 0 Å². The summed E-state index contributed by atoms with van der Waals surface area (Å²) in [6.07, 6.45) is 7.40. The lowest BCUT2D eigenvalue weighted by molar-refractivity contribution is -0.134. The lowest BCUT2D eigenvalue weighted by atomic mass is 9.77. The summed E-state index contributed by atoms with van der Waals surface area (Å²) in [5.41, 5.74) is 0. The highest BCUT2D eigenvalue weighted by Crippen LogP contribution is 2.32. The molecule has 21 heavy (non-hydrogen) atoms. The zero-order valence-electron chi connectivity index (χ0n) is 13.1. The third-order valence-corrected chi connectivity index (χ3v) is 5.01. The van der Waals surface area contributed by atoms with E-state index in [1.807, 2.05) is 26.1 Å². The molecule has 1 N–H and O–H groups in total. The summed E-state index contributed by atoms with van der Waals surface area (Å²) >= 11 is 0. The van der Waals surface area contributed by atoms with E-state index in [0.29, 0.717) is 12.6 Å². The van der Waals surface area contributed by atoms with Crippen LogP contribution in [0.3, 0.4) is 0 Å². The van der Waals surface area contributed by atoms with Crippen LogP contribution in [-0.4, -0.2) is 29.9 Å². The van der Waals surface area contributed by atoms with Crippen LogP contribution in [0.4, 0.5) is 0 Å². The Hall–Kier alpha value is -1.29. The summed E-state index contributed by atoms with van der Waals surface area (Å²) in [6.45, 7) is 2.48. The number of furan rings is 1. The molecular weight excluding hydrogens is 264 g/mol. The van der Waals surface area contributed by atoms with Gasteiger partial charge in [0, 0.05) is 13.1 Å². The smallest absolute Gasteiger partial charge is 0.239 e. The van der Waals surface area contributed by atoms with E-state index in [1.54, 1.807) is 4.90 Å². The van der Waals surface area contributed by atoms with Crippen molar-refractivity contribution in [2.75, 3.05) is 7.05 Å². The van der Waals surface area contributed by atoms with Crippen LogP contribution in [0.1, 0.15) is 50.0 Å². The van der Waals surface area contributed by atoms with Crippen LogP contribution in [0, 0.1) is 12.8 Å². The molecule has 116 valence electrons. The van der Waals surface area contributed by atoms with Crippen molar-refractivity contribution in [2.45, 2.75) is 64.1 Å². The Balaban J connectivity index is 1.57. The van der Waals surface area contributed by atoms with Crippen LogP contribution in [-0.2, 0) is 11.3 Å². The van der Waals surface area contributed by atoms with Gasteiger partial charge in [-0.05, 0) is 50.7 Å². The second-order valence-corrected chi connectivity index (χ2v) is 6.65. The molecule has 1 saturated heterocycles. The van der Waals surface area contributed by atoms with Gasteiger partial charge in [-0.3, -0.25) is 4.79 Å². The zero-order chi connectivity index (χ0) is 14.8. The number of nitrogens with one attached hydrogen (secondary N) is 1. The summed E-state index contributed by atoms with van der Waals surface area (Å²) in [6, 6.07) is 4.44. The summed E-state index contributed by atoms with van der Waals surface area (Å²) in [4.78, 5) is 14.4. The van der Waals surface area contributed by atoms with Crippen molar-refractivity contribution in [2.24, 2.45) is 5.92 Å². The fourth-order valence-electron chi connectivity index (χ4n) is 3.84. The predicted molar refractivity (Wildman–Crippen MR) is 81.8 cm³/mol. The van der Waals surface area contributed by atoms with Gasteiger partial charge in [0.1, 0.15) is 11.5 Å². The normalized spacial score (nSPS) is 29.0. The fraction of sp³-hybridized carbons (Fsp3) is 0.706. The molecule has 1 aliphatic carbocycles. The van der Waals surface area contributed by atoms with E-state index in [4.69, 9.17) is 4.42 Å². The second kappa shape index (κ2) is 6.22. The Morgan fingerprint density at radius 2 is 2.10 bits per heavy atom. The fourth-order valence-corrected chi connectivity index (χ4v) is 3.84. The Labute approximate surface area is 126 Å². The first kappa shape index (κ1) is 14.6. The molecule has 3 atom stereocenters. The van der Waals surface area contributed by atoms with Gasteiger partial charge in [0.05, 0.1) is 12.6 Å². The van der Waals surface area contributed by atoms with E-state index < -0.39 is 0 Å². The zero-order valence-corrected chi connectivity index (χ0v) is 13.1. The quantitative estimate of drug-likeness (QED) is 0.931. The number of carbonyl (C=O) groups is 1. The molecule has 0 aromatic carbocycles. The topological polar surface area (TPSA) is 45.5 Å². The SMILES string of the molecule is Cc1ccc(CN(C)C(=O)C2CCC3CCCCC3N2)o1. The maximum Gasteiger partial charge on any atom is 0.239 e. The van der Waals surface area contributed by atoms with Crippen LogP contribution in [0.15, 0.2) is 16.5 Å². The van der Waals surface area contributed by atoms with Gasteiger partial charge < -0.3 is 14.6 Å². The summed E-state index contributed by atoms with van der Waals surface area (Å²) in [5.74, 6) is 2.75. The van der Waals surface area contributed by atoms with E-state index in [1.165, 1.54) is 32.1 Å². The Morgan fingerprint density at radius 1 is 1.29 bits per heavy atom. The molecule has 1 aliphatic heterocycles. The molecule has 0 bridgehead atoms. The molecule has 4 nitrogen and oxygen atoms in total. The van der Waals surface area contributed by atoms with Crippen LogP contribution >= 0.6 is 0 Å². The van der Waals surface area contributed by atoms with Crippen molar-refractivity contribution >= 4 is 5.91 Å². The first-order chi connectivity index (χ1) is 10.1. The van der Waals surface area contributed by atoms with Crippen molar-refractivity contribution in [3.05, 3.63) is 23.7 Å². The number of fused-ring (bicyclic) bond motifs is 1.